The Kier molecular flexibility index (Phi) is 4.22. The third kappa shape index (κ3) is 2.95. The number of thiazole rings is 1. The number of nitro benzene ring substituents is 1. The molecule has 0 bridgehead atoms. The number of nitro groups is 1. The summed E-state index contributed by atoms with van der Waals surface area (Å²) in [6.45, 7) is 0.221. The summed E-state index contributed by atoms with van der Waals surface area (Å²) in [5.41, 5.74) is 1.16. The molecular weight excluding hydrogens is 326 g/mol. The summed E-state index contributed by atoms with van der Waals surface area (Å²) in [5.74, 6) is 2.13. The van der Waals surface area contributed by atoms with Crippen LogP contribution in [0.1, 0.15) is 10.4 Å². The number of hydrogen-bond acceptors (Lipinski definition) is 4. The molecule has 0 atom stereocenters. The second kappa shape index (κ2) is 6.48. The molecule has 3 aromatic rings. The summed E-state index contributed by atoms with van der Waals surface area (Å²) in [6, 6.07) is 13.2. The van der Waals surface area contributed by atoms with Gasteiger partial charge in [0.25, 0.3) is 11.6 Å². The van der Waals surface area contributed by atoms with E-state index in [1.54, 1.807) is 34.9 Å². The molecule has 3 rings (SSSR count). The van der Waals surface area contributed by atoms with Crippen LogP contribution in [0.3, 0.4) is 0 Å². The Morgan fingerprint density at radius 1 is 1.29 bits per heavy atom. The second-order valence-corrected chi connectivity index (χ2v) is 5.88. The van der Waals surface area contributed by atoms with Crippen LogP contribution in [0.4, 0.5) is 5.69 Å². The summed E-state index contributed by atoms with van der Waals surface area (Å²) in [6.07, 6.45) is 5.40. The molecule has 0 saturated heterocycles. The zero-order valence-corrected chi connectivity index (χ0v) is 13.2. The number of carbonyl (C=O) groups excluding carboxylic acids is 1. The molecule has 0 aliphatic carbocycles. The van der Waals surface area contributed by atoms with Crippen molar-refractivity contribution in [2.24, 2.45) is 4.99 Å². The quantitative estimate of drug-likeness (QED) is 0.419. The van der Waals surface area contributed by atoms with E-state index in [1.165, 1.54) is 23.5 Å². The van der Waals surface area contributed by atoms with Crippen LogP contribution < -0.4 is 4.80 Å². The predicted octanol–water partition coefficient (Wildman–Crippen LogP) is 2.99. The predicted molar refractivity (Wildman–Crippen MR) is 91.6 cm³/mol. The Morgan fingerprint density at radius 2 is 2.04 bits per heavy atom. The molecule has 1 aromatic heterocycles. The number of amides is 1. The highest BCUT2D eigenvalue weighted by atomic mass is 32.1. The van der Waals surface area contributed by atoms with Crippen LogP contribution in [0.15, 0.2) is 53.5 Å². The largest absolute Gasteiger partial charge is 0.305 e. The minimum absolute atomic E-state index is 0.0162. The highest BCUT2D eigenvalue weighted by Crippen LogP contribution is 2.23. The normalized spacial score (nSPS) is 11.4. The molecular formula is C17H11N3O3S. The van der Waals surface area contributed by atoms with E-state index in [0.717, 1.165) is 0 Å². The first-order valence-corrected chi connectivity index (χ1v) is 7.77. The van der Waals surface area contributed by atoms with Gasteiger partial charge in [-0.15, -0.1) is 6.42 Å². The van der Waals surface area contributed by atoms with E-state index < -0.39 is 4.92 Å². The molecule has 0 unspecified atom stereocenters. The van der Waals surface area contributed by atoms with Crippen LogP contribution >= 0.6 is 11.3 Å². The molecule has 2 aromatic carbocycles. The summed E-state index contributed by atoms with van der Waals surface area (Å²) in [7, 11) is 0. The average Bonchev–Trinajstić information content (AvgIpc) is 2.92. The van der Waals surface area contributed by atoms with E-state index in [4.69, 9.17) is 6.42 Å². The zero-order chi connectivity index (χ0) is 17.1. The molecule has 0 fully saturated rings. The van der Waals surface area contributed by atoms with E-state index in [9.17, 15) is 14.9 Å². The van der Waals surface area contributed by atoms with Crippen molar-refractivity contribution in [3.05, 3.63) is 69.0 Å². The van der Waals surface area contributed by atoms with Gasteiger partial charge in [0.15, 0.2) is 4.80 Å². The van der Waals surface area contributed by atoms with Crippen molar-refractivity contribution < 1.29 is 9.72 Å². The van der Waals surface area contributed by atoms with Gasteiger partial charge in [-0.1, -0.05) is 35.5 Å². The summed E-state index contributed by atoms with van der Waals surface area (Å²) < 4.78 is 2.35. The van der Waals surface area contributed by atoms with Gasteiger partial charge in [-0.05, 0) is 18.2 Å². The van der Waals surface area contributed by atoms with Gasteiger partial charge in [0.2, 0.25) is 0 Å². The number of aromatic nitrogens is 1. The van der Waals surface area contributed by atoms with E-state index in [1.807, 2.05) is 6.07 Å². The van der Waals surface area contributed by atoms with Crippen molar-refractivity contribution in [2.75, 3.05) is 0 Å². The van der Waals surface area contributed by atoms with Gasteiger partial charge in [-0.2, -0.15) is 4.99 Å². The lowest BCUT2D eigenvalue weighted by atomic mass is 10.2. The van der Waals surface area contributed by atoms with Gasteiger partial charge in [0.1, 0.15) is 0 Å². The van der Waals surface area contributed by atoms with Gasteiger partial charge in [0, 0.05) is 17.7 Å². The Bertz CT molecular complexity index is 1040. The summed E-state index contributed by atoms with van der Waals surface area (Å²) in [5, 5.41) is 10.9. The van der Waals surface area contributed by atoms with Gasteiger partial charge in [0.05, 0.1) is 21.7 Å². The van der Waals surface area contributed by atoms with Gasteiger partial charge in [-0.3, -0.25) is 14.9 Å². The number of rotatable bonds is 3. The standard InChI is InChI=1S/C17H11N3O3S/c1-2-10-19-14-9-8-13(20(22)23)11-15(14)24-17(19)18-16(21)12-6-4-3-5-7-12/h1,3-9,11H,10H2. The topological polar surface area (TPSA) is 77.5 Å². The van der Waals surface area contributed by atoms with Crippen molar-refractivity contribution in [1.29, 1.82) is 0 Å². The van der Waals surface area contributed by atoms with Crippen molar-refractivity contribution in [3.8, 4) is 12.3 Å². The Balaban J connectivity index is 2.18. The number of nitrogens with zero attached hydrogens (tertiary/aromatic N) is 3. The fourth-order valence-corrected chi connectivity index (χ4v) is 3.30. The molecule has 118 valence electrons. The summed E-state index contributed by atoms with van der Waals surface area (Å²) in [4.78, 5) is 27.3. The van der Waals surface area contributed by atoms with Crippen molar-refractivity contribution in [3.63, 3.8) is 0 Å². The first kappa shape index (κ1) is 15.6. The number of terminal acetylenes is 1. The van der Waals surface area contributed by atoms with E-state index in [2.05, 4.69) is 10.9 Å². The lowest BCUT2D eigenvalue weighted by Crippen LogP contribution is -2.16. The van der Waals surface area contributed by atoms with Crippen LogP contribution in [0.2, 0.25) is 0 Å². The van der Waals surface area contributed by atoms with E-state index >= 15 is 0 Å². The molecule has 1 heterocycles. The smallest absolute Gasteiger partial charge is 0.279 e. The Labute approximate surface area is 140 Å². The van der Waals surface area contributed by atoms with Crippen LogP contribution in [-0.4, -0.2) is 15.4 Å². The maximum Gasteiger partial charge on any atom is 0.279 e. The number of benzene rings is 2. The lowest BCUT2D eigenvalue weighted by Gasteiger charge is -1.99. The molecule has 0 aliphatic rings. The fraction of sp³-hybridized carbons (Fsp3) is 0.0588. The van der Waals surface area contributed by atoms with Crippen molar-refractivity contribution in [1.82, 2.24) is 4.57 Å². The third-order valence-corrected chi connectivity index (χ3v) is 4.39. The molecule has 0 aliphatic heterocycles. The summed E-state index contributed by atoms with van der Waals surface area (Å²) >= 11 is 1.19. The van der Waals surface area contributed by atoms with Crippen LogP contribution in [0.25, 0.3) is 10.2 Å². The minimum atomic E-state index is -0.462. The average molecular weight is 337 g/mol. The molecule has 0 saturated carbocycles. The highest BCUT2D eigenvalue weighted by Gasteiger charge is 2.12. The monoisotopic (exact) mass is 337 g/mol. The van der Waals surface area contributed by atoms with Gasteiger partial charge < -0.3 is 4.57 Å². The number of fused-ring (bicyclic) bond motifs is 1. The molecule has 1 amide bonds. The van der Waals surface area contributed by atoms with Gasteiger partial charge >= 0.3 is 0 Å². The minimum Gasteiger partial charge on any atom is -0.305 e. The van der Waals surface area contributed by atoms with Crippen LogP contribution in [0, 0.1) is 22.5 Å². The highest BCUT2D eigenvalue weighted by molar-refractivity contribution is 7.16. The van der Waals surface area contributed by atoms with Crippen molar-refractivity contribution >= 4 is 33.1 Å². The molecule has 7 heteroatoms. The number of carbonyl (C=O) groups is 1. The fourth-order valence-electron chi connectivity index (χ4n) is 2.24. The van der Waals surface area contributed by atoms with Gasteiger partial charge in [-0.25, -0.2) is 0 Å². The van der Waals surface area contributed by atoms with Crippen LogP contribution in [0.5, 0.6) is 0 Å². The van der Waals surface area contributed by atoms with Crippen LogP contribution in [-0.2, 0) is 6.54 Å². The first-order chi connectivity index (χ1) is 11.6. The third-order valence-electron chi connectivity index (χ3n) is 3.34. The Hall–Kier alpha value is -3.24. The zero-order valence-electron chi connectivity index (χ0n) is 12.4. The molecule has 6 nitrogen and oxygen atoms in total. The lowest BCUT2D eigenvalue weighted by molar-refractivity contribution is -0.384. The second-order valence-electron chi connectivity index (χ2n) is 4.87. The molecule has 0 N–H and O–H groups in total. The first-order valence-electron chi connectivity index (χ1n) is 6.95. The van der Waals surface area contributed by atoms with E-state index in [0.29, 0.717) is 20.6 Å². The molecule has 0 radical (unpaired) electrons. The SMILES string of the molecule is C#CCn1c(=NC(=O)c2ccccc2)sc2cc([N+](=O)[O-])ccc21. The maximum absolute atomic E-state index is 12.3. The molecule has 0 spiro atoms. The van der Waals surface area contributed by atoms with E-state index in [-0.39, 0.29) is 18.1 Å². The Morgan fingerprint density at radius 3 is 2.71 bits per heavy atom. The number of hydrogen-bond donors (Lipinski definition) is 0. The number of non-ortho nitro benzene ring substituents is 1. The van der Waals surface area contributed by atoms with Crippen molar-refractivity contribution in [2.45, 2.75) is 6.54 Å². The maximum atomic E-state index is 12.3. The molecule has 24 heavy (non-hydrogen) atoms.